The number of anilines is 1. The van der Waals surface area contributed by atoms with E-state index in [2.05, 4.69) is 15.4 Å². The first-order chi connectivity index (χ1) is 8.65. The highest BCUT2D eigenvalue weighted by atomic mass is 16.4. The SMILES string of the molecule is Cc1cnn(CCNc2cc(C(=O)O)ccn2)c1. The van der Waals surface area contributed by atoms with Crippen LogP contribution in [0.4, 0.5) is 5.82 Å². The van der Waals surface area contributed by atoms with Gasteiger partial charge in [0.05, 0.1) is 18.3 Å². The van der Waals surface area contributed by atoms with E-state index in [4.69, 9.17) is 5.11 Å². The predicted octanol–water partition coefficient (Wildman–Crippen LogP) is 1.40. The molecule has 0 bridgehead atoms. The number of aromatic nitrogens is 3. The van der Waals surface area contributed by atoms with Gasteiger partial charge in [0, 0.05) is 18.9 Å². The lowest BCUT2D eigenvalue weighted by Gasteiger charge is -2.06. The van der Waals surface area contributed by atoms with Gasteiger partial charge in [-0.1, -0.05) is 0 Å². The first kappa shape index (κ1) is 12.1. The topological polar surface area (TPSA) is 80.0 Å². The molecule has 6 nitrogen and oxygen atoms in total. The zero-order valence-electron chi connectivity index (χ0n) is 10.00. The highest BCUT2D eigenvalue weighted by Gasteiger charge is 2.03. The van der Waals surface area contributed by atoms with Gasteiger partial charge in [-0.05, 0) is 24.6 Å². The van der Waals surface area contributed by atoms with Gasteiger partial charge in [0.1, 0.15) is 5.82 Å². The van der Waals surface area contributed by atoms with Crippen molar-refractivity contribution in [2.45, 2.75) is 13.5 Å². The van der Waals surface area contributed by atoms with E-state index in [0.29, 0.717) is 18.9 Å². The summed E-state index contributed by atoms with van der Waals surface area (Å²) in [6.07, 6.45) is 5.22. The fourth-order valence-corrected chi connectivity index (χ4v) is 1.55. The molecule has 0 spiro atoms. The predicted molar refractivity (Wildman–Crippen MR) is 66.7 cm³/mol. The second-order valence-corrected chi connectivity index (χ2v) is 3.94. The molecule has 0 atom stereocenters. The Balaban J connectivity index is 1.90. The van der Waals surface area contributed by atoms with E-state index in [1.165, 1.54) is 18.3 Å². The zero-order valence-corrected chi connectivity index (χ0v) is 10.00. The largest absolute Gasteiger partial charge is 0.478 e. The molecule has 6 heteroatoms. The van der Waals surface area contributed by atoms with Gasteiger partial charge in [-0.25, -0.2) is 9.78 Å². The Morgan fingerprint density at radius 3 is 3.06 bits per heavy atom. The molecule has 0 aromatic carbocycles. The molecule has 0 fully saturated rings. The third-order valence-electron chi connectivity index (χ3n) is 2.42. The Kier molecular flexibility index (Phi) is 3.57. The Bertz CT molecular complexity index is 551. The van der Waals surface area contributed by atoms with Crippen molar-refractivity contribution in [3.8, 4) is 0 Å². The lowest BCUT2D eigenvalue weighted by atomic mass is 10.2. The highest BCUT2D eigenvalue weighted by Crippen LogP contribution is 2.06. The second kappa shape index (κ2) is 5.31. The number of pyridine rings is 1. The van der Waals surface area contributed by atoms with Gasteiger partial charge in [-0.15, -0.1) is 0 Å². The molecule has 0 aliphatic carbocycles. The average Bonchev–Trinajstić information content (AvgIpc) is 2.75. The summed E-state index contributed by atoms with van der Waals surface area (Å²) in [5.41, 5.74) is 1.34. The molecule has 2 N–H and O–H groups in total. The van der Waals surface area contributed by atoms with Crippen LogP contribution in [0.5, 0.6) is 0 Å². The summed E-state index contributed by atoms with van der Waals surface area (Å²) in [6, 6.07) is 2.97. The maximum absolute atomic E-state index is 10.8. The maximum atomic E-state index is 10.8. The van der Waals surface area contributed by atoms with Crippen LogP contribution >= 0.6 is 0 Å². The van der Waals surface area contributed by atoms with Crippen molar-refractivity contribution < 1.29 is 9.90 Å². The van der Waals surface area contributed by atoms with Crippen LogP contribution in [0.15, 0.2) is 30.7 Å². The van der Waals surface area contributed by atoms with Crippen LogP contribution in [0.25, 0.3) is 0 Å². The number of carbonyl (C=O) groups is 1. The number of aryl methyl sites for hydroxylation is 1. The number of hydrogen-bond donors (Lipinski definition) is 2. The van der Waals surface area contributed by atoms with E-state index >= 15 is 0 Å². The van der Waals surface area contributed by atoms with E-state index in [9.17, 15) is 4.79 Å². The molecule has 0 radical (unpaired) electrons. The molecule has 0 aliphatic rings. The maximum Gasteiger partial charge on any atom is 0.335 e. The lowest BCUT2D eigenvalue weighted by molar-refractivity contribution is 0.0697. The van der Waals surface area contributed by atoms with E-state index in [0.717, 1.165) is 5.56 Å². The summed E-state index contributed by atoms with van der Waals surface area (Å²) in [5, 5.41) is 16.1. The van der Waals surface area contributed by atoms with E-state index in [1.54, 1.807) is 6.20 Å². The van der Waals surface area contributed by atoms with Crippen LogP contribution in [-0.4, -0.2) is 32.4 Å². The Hall–Kier alpha value is -2.37. The number of carboxylic acids is 1. The van der Waals surface area contributed by atoms with Gasteiger partial charge in [-0.2, -0.15) is 5.10 Å². The molecule has 0 unspecified atom stereocenters. The van der Waals surface area contributed by atoms with Crippen molar-refractivity contribution in [3.63, 3.8) is 0 Å². The molecular weight excluding hydrogens is 232 g/mol. The summed E-state index contributed by atoms with van der Waals surface area (Å²) in [6.45, 7) is 3.32. The van der Waals surface area contributed by atoms with Gasteiger partial charge in [0.2, 0.25) is 0 Å². The second-order valence-electron chi connectivity index (χ2n) is 3.94. The quantitative estimate of drug-likeness (QED) is 0.833. The number of hydrogen-bond acceptors (Lipinski definition) is 4. The Morgan fingerprint density at radius 1 is 1.56 bits per heavy atom. The molecule has 94 valence electrons. The number of carboxylic acid groups (broad SMARTS) is 1. The highest BCUT2D eigenvalue weighted by molar-refractivity contribution is 5.88. The summed E-state index contributed by atoms with van der Waals surface area (Å²) in [7, 11) is 0. The Morgan fingerprint density at radius 2 is 2.39 bits per heavy atom. The van der Waals surface area contributed by atoms with Crippen LogP contribution in [0, 0.1) is 6.92 Å². The minimum absolute atomic E-state index is 0.224. The number of aromatic carboxylic acids is 1. The molecule has 0 aliphatic heterocycles. The summed E-state index contributed by atoms with van der Waals surface area (Å²) < 4.78 is 1.82. The van der Waals surface area contributed by atoms with E-state index < -0.39 is 5.97 Å². The minimum atomic E-state index is -0.955. The van der Waals surface area contributed by atoms with Crippen molar-refractivity contribution in [3.05, 3.63) is 41.9 Å². The van der Waals surface area contributed by atoms with Crippen LogP contribution in [-0.2, 0) is 6.54 Å². The summed E-state index contributed by atoms with van der Waals surface area (Å²) in [5.74, 6) is -0.401. The molecule has 0 saturated heterocycles. The standard InChI is InChI=1S/C12H14N4O2/c1-9-7-15-16(8-9)5-4-14-11-6-10(12(17)18)2-3-13-11/h2-3,6-8H,4-5H2,1H3,(H,13,14)(H,17,18). The van der Waals surface area contributed by atoms with E-state index in [1.807, 2.05) is 17.8 Å². The fraction of sp³-hybridized carbons (Fsp3) is 0.250. The number of nitrogens with one attached hydrogen (secondary N) is 1. The van der Waals surface area contributed by atoms with Gasteiger partial charge >= 0.3 is 5.97 Å². The van der Waals surface area contributed by atoms with Crippen molar-refractivity contribution in [2.24, 2.45) is 0 Å². The molecule has 0 amide bonds. The molecule has 0 saturated carbocycles. The van der Waals surface area contributed by atoms with Crippen molar-refractivity contribution >= 4 is 11.8 Å². The summed E-state index contributed by atoms with van der Waals surface area (Å²) in [4.78, 5) is 14.8. The van der Waals surface area contributed by atoms with Gasteiger partial charge in [-0.3, -0.25) is 4.68 Å². The van der Waals surface area contributed by atoms with Crippen LogP contribution in [0.1, 0.15) is 15.9 Å². The smallest absolute Gasteiger partial charge is 0.335 e. The molecule has 18 heavy (non-hydrogen) atoms. The summed E-state index contributed by atoms with van der Waals surface area (Å²) >= 11 is 0. The molecule has 2 aromatic heterocycles. The minimum Gasteiger partial charge on any atom is -0.478 e. The number of nitrogens with zero attached hydrogens (tertiary/aromatic N) is 3. The Labute approximate surface area is 104 Å². The third kappa shape index (κ3) is 3.07. The third-order valence-corrected chi connectivity index (χ3v) is 2.42. The first-order valence-corrected chi connectivity index (χ1v) is 5.57. The zero-order chi connectivity index (χ0) is 13.0. The molecule has 2 heterocycles. The fourth-order valence-electron chi connectivity index (χ4n) is 1.55. The number of rotatable bonds is 5. The molecular formula is C12H14N4O2. The average molecular weight is 246 g/mol. The van der Waals surface area contributed by atoms with Crippen molar-refractivity contribution in [1.82, 2.24) is 14.8 Å². The first-order valence-electron chi connectivity index (χ1n) is 5.57. The van der Waals surface area contributed by atoms with Gasteiger partial charge in [0.15, 0.2) is 0 Å². The van der Waals surface area contributed by atoms with Crippen molar-refractivity contribution in [2.75, 3.05) is 11.9 Å². The molecule has 2 rings (SSSR count). The van der Waals surface area contributed by atoms with Crippen LogP contribution in [0.2, 0.25) is 0 Å². The van der Waals surface area contributed by atoms with Crippen molar-refractivity contribution in [1.29, 1.82) is 0 Å². The lowest BCUT2D eigenvalue weighted by Crippen LogP contribution is -2.12. The normalized spacial score (nSPS) is 10.3. The van der Waals surface area contributed by atoms with Gasteiger partial charge < -0.3 is 10.4 Å². The van der Waals surface area contributed by atoms with Crippen LogP contribution in [0.3, 0.4) is 0 Å². The molecule has 2 aromatic rings. The van der Waals surface area contributed by atoms with E-state index in [-0.39, 0.29) is 5.56 Å². The monoisotopic (exact) mass is 246 g/mol. The van der Waals surface area contributed by atoms with Crippen LogP contribution < -0.4 is 5.32 Å². The van der Waals surface area contributed by atoms with Gasteiger partial charge in [0.25, 0.3) is 0 Å².